The first-order chi connectivity index (χ1) is 15.0. The largest absolute Gasteiger partial charge is 0.469 e. The first kappa shape index (κ1) is 31.0. The molecule has 0 aliphatic heterocycles. The Morgan fingerprint density at radius 2 is 0.943 bits per heavy atom. The number of halogens is 17. The molecule has 23 heteroatoms. The SMILES string of the molecule is O=S(=O)(C(=C1C(F)=C(F)C(F)=C(F)C1F)S(=O)(=O)C(F)(F)C(F)(F)C(F)(F)F)C(F)(F)C(F)(F)F. The summed E-state index contributed by atoms with van der Waals surface area (Å²) < 4.78 is 265. The fourth-order valence-electron chi connectivity index (χ4n) is 2.01. The van der Waals surface area contributed by atoms with Crippen molar-refractivity contribution in [3.8, 4) is 0 Å². The molecule has 0 bridgehead atoms. The number of allylic oxidation sites excluding steroid dienone is 5. The summed E-state index contributed by atoms with van der Waals surface area (Å²) in [5.74, 6) is -22.8. The predicted octanol–water partition coefficient (Wildman–Crippen LogP) is 5.63. The lowest BCUT2D eigenvalue weighted by molar-refractivity contribution is -0.331. The first-order valence-electron chi connectivity index (χ1n) is 7.30. The molecule has 0 heterocycles. The zero-order chi connectivity index (χ0) is 28.5. The van der Waals surface area contributed by atoms with E-state index in [0.29, 0.717) is 0 Å². The fourth-order valence-corrected chi connectivity index (χ4v) is 5.99. The van der Waals surface area contributed by atoms with E-state index in [4.69, 9.17) is 0 Å². The van der Waals surface area contributed by atoms with Gasteiger partial charge in [-0.25, -0.2) is 38.8 Å². The van der Waals surface area contributed by atoms with Gasteiger partial charge in [0.15, 0.2) is 33.7 Å². The van der Waals surface area contributed by atoms with Crippen molar-refractivity contribution < 1.29 is 91.5 Å². The van der Waals surface area contributed by atoms with Crippen LogP contribution in [0.4, 0.5) is 74.6 Å². The molecule has 0 saturated heterocycles. The van der Waals surface area contributed by atoms with Crippen LogP contribution in [0, 0.1) is 0 Å². The lowest BCUT2D eigenvalue weighted by atomic mass is 10.0. The summed E-state index contributed by atoms with van der Waals surface area (Å²) in [5, 5.41) is -16.0. The van der Waals surface area contributed by atoms with E-state index in [9.17, 15) is 91.5 Å². The van der Waals surface area contributed by atoms with Crippen molar-refractivity contribution in [2.45, 2.75) is 35.0 Å². The Morgan fingerprint density at radius 3 is 1.29 bits per heavy atom. The Kier molecular flexibility index (Phi) is 7.28. The fraction of sp³-hybridized carbons (Fsp3) is 0.500. The molecule has 0 aromatic rings. The summed E-state index contributed by atoms with van der Waals surface area (Å²) in [6, 6.07) is 0. The normalized spacial score (nSPS) is 21.6. The molecule has 0 N–H and O–H groups in total. The zero-order valence-corrected chi connectivity index (χ0v) is 16.6. The van der Waals surface area contributed by atoms with Crippen LogP contribution in [0.3, 0.4) is 0 Å². The van der Waals surface area contributed by atoms with Gasteiger partial charge in [0.2, 0.25) is 0 Å². The van der Waals surface area contributed by atoms with Crippen LogP contribution in [0.25, 0.3) is 0 Å². The molecular weight excluding hydrogens is 595 g/mol. The molecule has 0 aromatic carbocycles. The monoisotopic (exact) mass is 596 g/mol. The van der Waals surface area contributed by atoms with E-state index >= 15 is 0 Å². The second kappa shape index (κ2) is 8.23. The number of sulfone groups is 2. The highest BCUT2D eigenvalue weighted by molar-refractivity contribution is 8.15. The molecule has 1 rings (SSSR count). The molecule has 0 aromatic heterocycles. The van der Waals surface area contributed by atoms with Gasteiger partial charge >= 0.3 is 28.8 Å². The van der Waals surface area contributed by atoms with Crippen molar-refractivity contribution >= 4 is 19.7 Å². The van der Waals surface area contributed by atoms with Crippen molar-refractivity contribution in [3.63, 3.8) is 0 Å². The second-order valence-corrected chi connectivity index (χ2v) is 10.1. The minimum absolute atomic E-state index is 3.41. The summed E-state index contributed by atoms with van der Waals surface area (Å²) in [5.41, 5.74) is -4.05. The Balaban J connectivity index is 4.50. The molecule has 4 nitrogen and oxygen atoms in total. The minimum Gasteiger partial charge on any atom is -0.234 e. The van der Waals surface area contributed by atoms with Crippen LogP contribution < -0.4 is 0 Å². The Bertz CT molecular complexity index is 1210. The number of hydrogen-bond donors (Lipinski definition) is 0. The van der Waals surface area contributed by atoms with Gasteiger partial charge in [0.1, 0.15) is 0 Å². The van der Waals surface area contributed by atoms with Crippen LogP contribution in [0.5, 0.6) is 0 Å². The maximum atomic E-state index is 13.9. The van der Waals surface area contributed by atoms with Crippen molar-refractivity contribution in [3.05, 3.63) is 33.1 Å². The third-order valence-corrected chi connectivity index (χ3v) is 8.31. The third kappa shape index (κ3) is 4.16. The highest BCUT2D eigenvalue weighted by Crippen LogP contribution is 2.55. The Morgan fingerprint density at radius 1 is 0.571 bits per heavy atom. The van der Waals surface area contributed by atoms with E-state index in [1.54, 1.807) is 0 Å². The highest BCUT2D eigenvalue weighted by Gasteiger charge is 2.81. The van der Waals surface area contributed by atoms with Gasteiger partial charge in [-0.3, -0.25) is 0 Å². The summed E-state index contributed by atoms with van der Waals surface area (Å²) >= 11 is 0. The van der Waals surface area contributed by atoms with E-state index in [0.717, 1.165) is 0 Å². The summed E-state index contributed by atoms with van der Waals surface area (Å²) in [7, 11) is -17.9. The smallest absolute Gasteiger partial charge is 0.234 e. The van der Waals surface area contributed by atoms with Crippen LogP contribution in [0.15, 0.2) is 33.1 Å². The van der Waals surface area contributed by atoms with Gasteiger partial charge in [0.25, 0.3) is 19.7 Å². The molecule has 1 atom stereocenters. The zero-order valence-electron chi connectivity index (χ0n) is 15.0. The van der Waals surface area contributed by atoms with Crippen LogP contribution in [-0.2, 0) is 19.7 Å². The molecule has 0 spiro atoms. The van der Waals surface area contributed by atoms with E-state index < -0.39 is 87.7 Å². The lowest BCUT2D eigenvalue weighted by Gasteiger charge is -2.31. The average Bonchev–Trinajstić information content (AvgIpc) is 2.65. The van der Waals surface area contributed by atoms with Gasteiger partial charge in [-0.15, -0.1) is 0 Å². The quantitative estimate of drug-likeness (QED) is 0.387. The Hall–Kier alpha value is -2.07. The molecule has 0 amide bonds. The van der Waals surface area contributed by atoms with Gasteiger partial charge in [-0.2, -0.15) is 52.7 Å². The van der Waals surface area contributed by atoms with E-state index in [2.05, 4.69) is 0 Å². The third-order valence-electron chi connectivity index (χ3n) is 3.74. The van der Waals surface area contributed by atoms with E-state index in [1.165, 1.54) is 0 Å². The highest BCUT2D eigenvalue weighted by atomic mass is 32.3. The minimum atomic E-state index is -9.06. The maximum Gasteiger partial charge on any atom is 0.469 e. The van der Waals surface area contributed by atoms with Crippen LogP contribution in [-0.4, -0.2) is 51.8 Å². The van der Waals surface area contributed by atoms with Crippen LogP contribution in [0.2, 0.25) is 0 Å². The van der Waals surface area contributed by atoms with Gasteiger partial charge in [-0.1, -0.05) is 0 Å². The van der Waals surface area contributed by atoms with Gasteiger partial charge < -0.3 is 0 Å². The molecule has 0 radical (unpaired) electrons. The molecule has 1 aliphatic carbocycles. The first-order valence-corrected chi connectivity index (χ1v) is 10.3. The Labute approximate surface area is 180 Å². The van der Waals surface area contributed by atoms with Crippen molar-refractivity contribution in [2.75, 3.05) is 0 Å². The van der Waals surface area contributed by atoms with E-state index in [-0.39, 0.29) is 0 Å². The maximum absolute atomic E-state index is 13.9. The second-order valence-electron chi connectivity index (χ2n) is 5.96. The lowest BCUT2D eigenvalue weighted by Crippen LogP contribution is -2.58. The predicted molar refractivity (Wildman–Crippen MR) is 75.2 cm³/mol. The molecule has 1 aliphatic rings. The molecule has 0 fully saturated rings. The van der Waals surface area contributed by atoms with Gasteiger partial charge in [-0.05, 0) is 0 Å². The summed E-state index contributed by atoms with van der Waals surface area (Å²) in [4.78, 5) is 0. The van der Waals surface area contributed by atoms with Crippen molar-refractivity contribution in [2.24, 2.45) is 0 Å². The summed E-state index contributed by atoms with van der Waals surface area (Å²) in [6.45, 7) is 0. The number of hydrogen-bond acceptors (Lipinski definition) is 4. The van der Waals surface area contributed by atoms with E-state index in [1.807, 2.05) is 0 Å². The van der Waals surface area contributed by atoms with Crippen molar-refractivity contribution in [1.82, 2.24) is 0 Å². The standard InChI is InChI=1S/C12HF17O4S2/c13-2-1(3(14)5(16)6(17)4(2)15)7(35(32,33)12(28,29)10(23,24)25)34(30,31)11(26,27)8(18,19)9(20,21)22/h2H. The van der Waals surface area contributed by atoms with Crippen molar-refractivity contribution in [1.29, 1.82) is 0 Å². The number of alkyl halides is 13. The number of rotatable bonds is 5. The molecule has 0 saturated carbocycles. The molecule has 1 unspecified atom stereocenters. The molecule has 204 valence electrons. The van der Waals surface area contributed by atoms with Gasteiger partial charge in [0, 0.05) is 0 Å². The van der Waals surface area contributed by atoms with Crippen LogP contribution in [0.1, 0.15) is 0 Å². The molecule has 35 heavy (non-hydrogen) atoms. The summed E-state index contributed by atoms with van der Waals surface area (Å²) in [6.07, 6.45) is -20.5. The topological polar surface area (TPSA) is 68.3 Å². The van der Waals surface area contributed by atoms with Gasteiger partial charge in [0.05, 0.1) is 5.57 Å². The van der Waals surface area contributed by atoms with Crippen LogP contribution >= 0.6 is 0 Å². The average molecular weight is 596 g/mol. The molecular formula is C12HF17O4S2.